The summed E-state index contributed by atoms with van der Waals surface area (Å²) in [7, 11) is 0. The first-order chi connectivity index (χ1) is 18.0. The zero-order valence-corrected chi connectivity index (χ0v) is 22.1. The van der Waals surface area contributed by atoms with Crippen LogP contribution in [0.3, 0.4) is 0 Å². The number of rotatable bonds is 7. The average Bonchev–Trinajstić information content (AvgIpc) is 3.39. The predicted octanol–water partition coefficient (Wildman–Crippen LogP) is 2.83. The smallest absolute Gasteiger partial charge is 0.287 e. The molecule has 0 bridgehead atoms. The minimum atomic E-state index is -1.18. The van der Waals surface area contributed by atoms with Crippen molar-refractivity contribution in [2.75, 3.05) is 11.4 Å². The van der Waals surface area contributed by atoms with Crippen LogP contribution in [0, 0.1) is 28.1 Å². The number of ketones is 1. The number of nitrogens with one attached hydrogen (secondary N) is 4. The van der Waals surface area contributed by atoms with E-state index in [4.69, 9.17) is 27.7 Å². The van der Waals surface area contributed by atoms with Crippen molar-refractivity contribution in [3.05, 3.63) is 58.9 Å². The molecule has 1 amide bonds. The molecule has 2 aliphatic carbocycles. The molecule has 0 saturated heterocycles. The van der Waals surface area contributed by atoms with Crippen LogP contribution in [0.2, 0.25) is 0 Å². The Morgan fingerprint density at radius 2 is 1.68 bits per heavy atom. The number of amides is 1. The zero-order valence-electron chi connectivity index (χ0n) is 22.1. The molecule has 1 aromatic rings. The molecule has 1 aromatic carbocycles. The van der Waals surface area contributed by atoms with E-state index < -0.39 is 23.8 Å². The van der Waals surface area contributed by atoms with Crippen LogP contribution >= 0.6 is 0 Å². The van der Waals surface area contributed by atoms with E-state index in [-0.39, 0.29) is 29.8 Å². The van der Waals surface area contributed by atoms with E-state index in [0.717, 1.165) is 30.6 Å². The second kappa shape index (κ2) is 12.0. The first-order valence-corrected chi connectivity index (χ1v) is 12.8. The number of carbonyl (C=O) groups is 2. The van der Waals surface area contributed by atoms with Crippen LogP contribution in [0.1, 0.15) is 52.0 Å². The van der Waals surface area contributed by atoms with Crippen molar-refractivity contribution in [2.24, 2.45) is 23.3 Å². The van der Waals surface area contributed by atoms with E-state index in [9.17, 15) is 14.7 Å². The number of nitrogens with zero attached hydrogens (tertiary/aromatic N) is 1. The highest BCUT2D eigenvalue weighted by Gasteiger charge is 2.35. The van der Waals surface area contributed by atoms with E-state index in [0.29, 0.717) is 33.8 Å². The van der Waals surface area contributed by atoms with Gasteiger partial charge in [-0.15, -0.1) is 0 Å². The molecule has 2 aliphatic rings. The van der Waals surface area contributed by atoms with Gasteiger partial charge in [0.15, 0.2) is 11.6 Å². The lowest BCUT2D eigenvalue weighted by Crippen LogP contribution is -2.49. The number of Topliss-reactive ketones (excluding diaryl/α,β-unsaturated/α-hetero) is 1. The lowest BCUT2D eigenvalue weighted by Gasteiger charge is -2.33. The topological polar surface area (TPSA) is 193 Å². The van der Waals surface area contributed by atoms with Crippen LogP contribution < -0.4 is 21.7 Å². The van der Waals surface area contributed by atoms with Crippen molar-refractivity contribution in [1.29, 1.82) is 16.2 Å². The quantitative estimate of drug-likeness (QED) is 0.164. The standard InChI is InChI=1S/C28H37N7O3/c1-4-34-28(38)27(33)35(19-11-9-17(10-12-19)24(15(2)29)16(3)36)26(32)21-13-20(22(30)14-23(21)37)25(31)18-7-5-6-8-18/h9-14,18,21,23,31-33,37H,4-8,29-30H2,1-3H3,(H,34,38)/b24-15+,31-25?,32-26?,33-27?. The Kier molecular flexibility index (Phi) is 9.00. The molecule has 0 spiro atoms. The summed E-state index contributed by atoms with van der Waals surface area (Å²) in [5.41, 5.74) is 14.9. The van der Waals surface area contributed by atoms with Crippen molar-refractivity contribution in [1.82, 2.24) is 5.32 Å². The number of allylic oxidation sites excluding steroid dienone is 3. The summed E-state index contributed by atoms with van der Waals surface area (Å²) < 4.78 is 0. The predicted molar refractivity (Wildman–Crippen MR) is 150 cm³/mol. The number of aliphatic hydroxyl groups is 1. The maximum Gasteiger partial charge on any atom is 0.287 e. The Bertz CT molecular complexity index is 1230. The molecule has 0 heterocycles. The largest absolute Gasteiger partial charge is 0.402 e. The van der Waals surface area contributed by atoms with Crippen LogP contribution in [0.5, 0.6) is 0 Å². The Morgan fingerprint density at radius 1 is 1.08 bits per heavy atom. The molecule has 2 atom stereocenters. The fraction of sp³-hybridized carbons (Fsp3) is 0.393. The van der Waals surface area contributed by atoms with Gasteiger partial charge >= 0.3 is 0 Å². The van der Waals surface area contributed by atoms with Crippen LogP contribution in [0.25, 0.3) is 5.57 Å². The lowest BCUT2D eigenvalue weighted by atomic mass is 9.84. The Morgan fingerprint density at radius 3 is 2.21 bits per heavy atom. The third-order valence-corrected chi connectivity index (χ3v) is 6.92. The van der Waals surface area contributed by atoms with Crippen LogP contribution in [0.15, 0.2) is 53.4 Å². The minimum Gasteiger partial charge on any atom is -0.402 e. The Balaban J connectivity index is 2.03. The maximum absolute atomic E-state index is 12.7. The van der Waals surface area contributed by atoms with Gasteiger partial charge in [-0.25, -0.2) is 0 Å². The number of carbonyl (C=O) groups excluding carboxylic acids is 2. The van der Waals surface area contributed by atoms with Crippen molar-refractivity contribution in [3.63, 3.8) is 0 Å². The van der Waals surface area contributed by atoms with Crippen LogP contribution in [-0.2, 0) is 9.59 Å². The number of aliphatic hydroxyl groups excluding tert-OH is 1. The zero-order chi connectivity index (χ0) is 28.1. The van der Waals surface area contributed by atoms with E-state index in [1.165, 1.54) is 13.0 Å². The molecular weight excluding hydrogens is 482 g/mol. The molecule has 0 radical (unpaired) electrons. The number of anilines is 1. The first-order valence-electron chi connectivity index (χ1n) is 12.8. The highest BCUT2D eigenvalue weighted by Crippen LogP contribution is 2.33. The van der Waals surface area contributed by atoms with E-state index in [1.807, 2.05) is 0 Å². The van der Waals surface area contributed by atoms with E-state index in [2.05, 4.69) is 5.32 Å². The minimum absolute atomic E-state index is 0.0742. The number of hydrogen-bond donors (Lipinski definition) is 7. The summed E-state index contributed by atoms with van der Waals surface area (Å²) in [5, 5.41) is 39.8. The third kappa shape index (κ3) is 5.91. The van der Waals surface area contributed by atoms with Crippen LogP contribution in [0.4, 0.5) is 5.69 Å². The van der Waals surface area contributed by atoms with Crippen LogP contribution in [-0.4, -0.2) is 46.8 Å². The Labute approximate surface area is 223 Å². The number of likely N-dealkylation sites (N-methyl/N-ethyl adjacent to an activating group) is 1. The van der Waals surface area contributed by atoms with Gasteiger partial charge in [-0.3, -0.25) is 25.3 Å². The molecule has 1 saturated carbocycles. The van der Waals surface area contributed by atoms with Gasteiger partial charge in [-0.1, -0.05) is 31.1 Å². The van der Waals surface area contributed by atoms with Gasteiger partial charge in [0.2, 0.25) is 0 Å². The molecule has 1 fully saturated rings. The number of hydrogen-bond acceptors (Lipinski definition) is 8. The first kappa shape index (κ1) is 28.5. The second-order valence-corrected chi connectivity index (χ2v) is 9.70. The van der Waals surface area contributed by atoms with Gasteiger partial charge < -0.3 is 27.3 Å². The molecule has 0 aliphatic heterocycles. The monoisotopic (exact) mass is 519 g/mol. The second-order valence-electron chi connectivity index (χ2n) is 9.70. The van der Waals surface area contributed by atoms with Gasteiger partial charge in [0, 0.05) is 46.4 Å². The molecule has 3 rings (SSSR count). The highest BCUT2D eigenvalue weighted by atomic mass is 16.3. The maximum atomic E-state index is 12.7. The van der Waals surface area contributed by atoms with Gasteiger partial charge in [0.05, 0.1) is 12.0 Å². The number of amidine groups is 2. The molecule has 202 valence electrons. The molecule has 9 N–H and O–H groups in total. The summed E-state index contributed by atoms with van der Waals surface area (Å²) in [6.07, 6.45) is 5.72. The molecule has 0 aromatic heterocycles. The molecule has 10 heteroatoms. The summed E-state index contributed by atoms with van der Waals surface area (Å²) in [6, 6.07) is 6.46. The molecular formula is C28H37N7O3. The van der Waals surface area contributed by atoms with Crippen molar-refractivity contribution in [2.45, 2.75) is 52.6 Å². The SMILES string of the molecule is CCNC(=O)C(=N)N(C(=N)C1C=C(C(=N)C2CCCC2)C(N)=CC1O)c1ccc(/C(C(C)=O)=C(\C)N)cc1. The van der Waals surface area contributed by atoms with Gasteiger partial charge in [-0.05, 0) is 57.4 Å². The van der Waals surface area contributed by atoms with E-state index >= 15 is 0 Å². The van der Waals surface area contributed by atoms with Gasteiger partial charge in [0.1, 0.15) is 5.84 Å². The third-order valence-electron chi connectivity index (χ3n) is 6.92. The van der Waals surface area contributed by atoms with Gasteiger partial charge in [-0.2, -0.15) is 0 Å². The van der Waals surface area contributed by atoms with E-state index in [1.54, 1.807) is 44.2 Å². The normalized spacial score (nSPS) is 20.1. The Hall–Kier alpha value is -4.05. The molecule has 38 heavy (non-hydrogen) atoms. The van der Waals surface area contributed by atoms with Gasteiger partial charge in [0.25, 0.3) is 5.91 Å². The fourth-order valence-corrected chi connectivity index (χ4v) is 5.04. The average molecular weight is 520 g/mol. The number of nitrogens with two attached hydrogens (primary N) is 2. The van der Waals surface area contributed by atoms with Crippen molar-refractivity contribution < 1.29 is 14.7 Å². The summed E-state index contributed by atoms with van der Waals surface area (Å²) in [6.45, 7) is 5.07. The highest BCUT2D eigenvalue weighted by molar-refractivity contribution is 6.47. The van der Waals surface area contributed by atoms with Crippen molar-refractivity contribution >= 4 is 40.3 Å². The molecule has 10 nitrogen and oxygen atoms in total. The number of benzene rings is 1. The van der Waals surface area contributed by atoms with Crippen molar-refractivity contribution in [3.8, 4) is 0 Å². The molecule has 2 unspecified atom stereocenters. The summed E-state index contributed by atoms with van der Waals surface area (Å²) >= 11 is 0. The fourth-order valence-electron chi connectivity index (χ4n) is 5.04. The summed E-state index contributed by atoms with van der Waals surface area (Å²) in [5.74, 6) is -2.49. The summed E-state index contributed by atoms with van der Waals surface area (Å²) in [4.78, 5) is 25.9. The lowest BCUT2D eigenvalue weighted by molar-refractivity contribution is -0.115.